The van der Waals surface area contributed by atoms with Crippen molar-refractivity contribution in [2.45, 2.75) is 13.8 Å². The Morgan fingerprint density at radius 1 is 1.06 bits per heavy atom. The molecule has 0 N–H and O–H groups in total. The van der Waals surface area contributed by atoms with E-state index in [1.165, 1.54) is 0 Å². The topological polar surface area (TPSA) is 129 Å². The maximum Gasteiger partial charge on any atom is 0.318 e. The van der Waals surface area contributed by atoms with Crippen LogP contribution in [0.2, 0.25) is 0 Å². The Balaban J connectivity index is 2.06. The summed E-state index contributed by atoms with van der Waals surface area (Å²) < 4.78 is 11.9. The summed E-state index contributed by atoms with van der Waals surface area (Å²) in [5, 5.41) is 32.1. The Kier molecular flexibility index (Phi) is 7.60. The van der Waals surface area contributed by atoms with E-state index in [9.17, 15) is 25.5 Å². The van der Waals surface area contributed by atoms with Crippen LogP contribution >= 0.6 is 15.9 Å². The van der Waals surface area contributed by atoms with Crippen molar-refractivity contribution in [3.8, 4) is 23.3 Å². The second-order valence-corrected chi connectivity index (χ2v) is 7.92. The molecule has 0 amide bonds. The zero-order chi connectivity index (χ0) is 24.8. The molecule has 3 aromatic carbocycles. The summed E-state index contributed by atoms with van der Waals surface area (Å²) >= 11 is 3.41. The maximum absolute atomic E-state index is 11.5. The molecule has 0 saturated carbocycles. The monoisotopic (exact) mass is 523 g/mol. The first kappa shape index (κ1) is 24.4. The Morgan fingerprint density at radius 3 is 2.35 bits per heavy atom. The van der Waals surface area contributed by atoms with Crippen LogP contribution in [0.3, 0.4) is 0 Å². The third-order valence-electron chi connectivity index (χ3n) is 4.69. The first-order valence-corrected chi connectivity index (χ1v) is 10.8. The smallest absolute Gasteiger partial charge is 0.318 e. The normalized spacial score (nSPS) is 10.9. The molecule has 0 saturated heterocycles. The van der Waals surface area contributed by atoms with Crippen molar-refractivity contribution in [1.29, 1.82) is 5.26 Å². The number of halogens is 1. The fourth-order valence-corrected chi connectivity index (χ4v) is 3.61. The molecule has 0 aliphatic heterocycles. The van der Waals surface area contributed by atoms with Crippen LogP contribution in [0.25, 0.3) is 11.6 Å². The molecule has 0 aliphatic carbocycles. The highest BCUT2D eigenvalue weighted by Gasteiger charge is 2.23. The van der Waals surface area contributed by atoms with Crippen molar-refractivity contribution in [2.75, 3.05) is 6.61 Å². The minimum Gasteiger partial charge on any atom is -0.490 e. The number of non-ortho nitro benzene ring substituents is 1. The van der Waals surface area contributed by atoms with E-state index in [-0.39, 0.29) is 23.9 Å². The van der Waals surface area contributed by atoms with E-state index in [2.05, 4.69) is 22.0 Å². The third-order valence-corrected chi connectivity index (χ3v) is 5.28. The lowest BCUT2D eigenvalue weighted by Gasteiger charge is -2.14. The van der Waals surface area contributed by atoms with Gasteiger partial charge >= 0.3 is 5.69 Å². The third kappa shape index (κ3) is 5.57. The molecule has 172 valence electrons. The fourth-order valence-electron chi connectivity index (χ4n) is 3.07. The van der Waals surface area contributed by atoms with Crippen LogP contribution in [-0.4, -0.2) is 16.5 Å². The van der Waals surface area contributed by atoms with Crippen molar-refractivity contribution in [1.82, 2.24) is 0 Å². The predicted molar refractivity (Wildman–Crippen MR) is 130 cm³/mol. The van der Waals surface area contributed by atoms with Gasteiger partial charge in [0.1, 0.15) is 0 Å². The quantitative estimate of drug-likeness (QED) is 0.137. The lowest BCUT2D eigenvalue weighted by atomic mass is 10.0. The van der Waals surface area contributed by atoms with E-state index in [1.54, 1.807) is 25.1 Å². The summed E-state index contributed by atoms with van der Waals surface area (Å²) in [7, 11) is 0. The zero-order valence-corrected chi connectivity index (χ0v) is 19.7. The Bertz CT molecular complexity index is 1330. The van der Waals surface area contributed by atoms with Gasteiger partial charge in [0.25, 0.3) is 5.69 Å². The summed E-state index contributed by atoms with van der Waals surface area (Å²) in [6.45, 7) is 4.00. The van der Waals surface area contributed by atoms with Crippen LogP contribution in [0, 0.1) is 38.5 Å². The van der Waals surface area contributed by atoms with E-state index in [0.29, 0.717) is 15.6 Å². The number of allylic oxidation sites excluding steroid dienone is 1. The van der Waals surface area contributed by atoms with Crippen molar-refractivity contribution < 1.29 is 19.3 Å². The van der Waals surface area contributed by atoms with Crippen LogP contribution in [0.1, 0.15) is 23.6 Å². The van der Waals surface area contributed by atoms with Gasteiger partial charge in [-0.15, -0.1) is 0 Å². The van der Waals surface area contributed by atoms with Crippen LogP contribution in [-0.2, 0) is 0 Å². The molecule has 9 nitrogen and oxygen atoms in total. The molecular weight excluding hydrogens is 506 g/mol. The number of nitrogens with zero attached hydrogens (tertiary/aromatic N) is 3. The van der Waals surface area contributed by atoms with Crippen LogP contribution in [0.5, 0.6) is 17.2 Å². The summed E-state index contributed by atoms with van der Waals surface area (Å²) in [6, 6.07) is 16.2. The molecule has 0 aromatic heterocycles. The Labute approximate surface area is 203 Å². The van der Waals surface area contributed by atoms with Crippen molar-refractivity contribution in [3.05, 3.63) is 96.0 Å². The van der Waals surface area contributed by atoms with Crippen molar-refractivity contribution >= 4 is 39.0 Å². The minimum atomic E-state index is -0.755. The molecule has 0 heterocycles. The van der Waals surface area contributed by atoms with E-state index < -0.39 is 21.2 Å². The summed E-state index contributed by atoms with van der Waals surface area (Å²) in [5.41, 5.74) is 1.92. The number of nitriles is 1. The molecule has 3 aromatic rings. The molecular formula is C24H18BrN3O6. The molecule has 3 rings (SSSR count). The van der Waals surface area contributed by atoms with E-state index in [0.717, 1.165) is 29.3 Å². The average molecular weight is 524 g/mol. The van der Waals surface area contributed by atoms with Crippen molar-refractivity contribution in [2.24, 2.45) is 0 Å². The van der Waals surface area contributed by atoms with Gasteiger partial charge in [-0.05, 0) is 65.2 Å². The number of hydrogen-bond acceptors (Lipinski definition) is 7. The van der Waals surface area contributed by atoms with E-state index in [1.807, 2.05) is 31.2 Å². The summed E-state index contributed by atoms with van der Waals surface area (Å²) in [4.78, 5) is 21.0. The fraction of sp³-hybridized carbons (Fsp3) is 0.125. The SMILES string of the molecule is CCOc1cc(/C=C(\C#N)c2ccc(C)cc2)cc(Br)c1Oc1ccc([N+](=O)[O-])cc1[N+](=O)[O-]. The number of hydrogen-bond donors (Lipinski definition) is 0. The number of benzene rings is 3. The van der Waals surface area contributed by atoms with Gasteiger partial charge in [0.2, 0.25) is 5.75 Å². The van der Waals surface area contributed by atoms with Crippen LogP contribution < -0.4 is 9.47 Å². The molecule has 0 fully saturated rings. The standard InChI is InChI=1S/C24H18BrN3O6/c1-3-33-23-12-16(10-18(14-26)17-6-4-15(2)5-7-17)11-20(25)24(23)34-22-9-8-19(27(29)30)13-21(22)28(31)32/h4-13H,3H2,1-2H3/b18-10+. The summed E-state index contributed by atoms with van der Waals surface area (Å²) in [6.07, 6.45) is 1.69. The number of rotatable bonds is 8. The van der Waals surface area contributed by atoms with E-state index >= 15 is 0 Å². The van der Waals surface area contributed by atoms with Crippen molar-refractivity contribution in [3.63, 3.8) is 0 Å². The minimum absolute atomic E-state index is 0.157. The molecule has 10 heteroatoms. The van der Waals surface area contributed by atoms with Gasteiger partial charge < -0.3 is 9.47 Å². The van der Waals surface area contributed by atoms with Gasteiger partial charge in [-0.2, -0.15) is 5.26 Å². The highest BCUT2D eigenvalue weighted by Crippen LogP contribution is 2.43. The molecule has 0 atom stereocenters. The second-order valence-electron chi connectivity index (χ2n) is 7.07. The molecule has 0 spiro atoms. The number of aryl methyl sites for hydroxylation is 1. The predicted octanol–water partition coefficient (Wildman–Crippen LogP) is 6.83. The summed E-state index contributed by atoms with van der Waals surface area (Å²) in [5.74, 6) is 0.250. The Morgan fingerprint density at radius 2 is 1.76 bits per heavy atom. The molecule has 0 aliphatic rings. The average Bonchev–Trinajstić information content (AvgIpc) is 2.80. The maximum atomic E-state index is 11.5. The van der Waals surface area contributed by atoms with Gasteiger partial charge in [-0.3, -0.25) is 20.2 Å². The van der Waals surface area contributed by atoms with Gasteiger partial charge in [-0.25, -0.2) is 0 Å². The van der Waals surface area contributed by atoms with Crippen LogP contribution in [0.15, 0.2) is 59.1 Å². The lowest BCUT2D eigenvalue weighted by Crippen LogP contribution is -1.99. The Hall–Kier alpha value is -4.23. The van der Waals surface area contributed by atoms with Crippen LogP contribution in [0.4, 0.5) is 11.4 Å². The van der Waals surface area contributed by atoms with Gasteiger partial charge in [0.15, 0.2) is 11.5 Å². The largest absolute Gasteiger partial charge is 0.490 e. The lowest BCUT2D eigenvalue weighted by molar-refractivity contribution is -0.394. The number of nitro benzene ring substituents is 2. The first-order valence-electron chi connectivity index (χ1n) is 9.99. The van der Waals surface area contributed by atoms with E-state index in [4.69, 9.17) is 9.47 Å². The molecule has 0 bridgehead atoms. The first-order chi connectivity index (χ1) is 16.2. The molecule has 0 radical (unpaired) electrons. The van der Waals surface area contributed by atoms with Gasteiger partial charge in [0.05, 0.1) is 38.6 Å². The number of ether oxygens (including phenoxy) is 2. The van der Waals surface area contributed by atoms with Gasteiger partial charge in [-0.1, -0.05) is 29.8 Å². The highest BCUT2D eigenvalue weighted by atomic mass is 79.9. The molecule has 34 heavy (non-hydrogen) atoms. The highest BCUT2D eigenvalue weighted by molar-refractivity contribution is 9.10. The zero-order valence-electron chi connectivity index (χ0n) is 18.1. The molecule has 0 unspecified atom stereocenters. The van der Waals surface area contributed by atoms with Gasteiger partial charge in [0, 0.05) is 6.07 Å². The second kappa shape index (κ2) is 10.6. The number of nitro groups is 2.